The lowest BCUT2D eigenvalue weighted by molar-refractivity contribution is 0.395. The Bertz CT molecular complexity index is 982. The van der Waals surface area contributed by atoms with Crippen LogP contribution in [0.3, 0.4) is 0 Å². The van der Waals surface area contributed by atoms with Crippen molar-refractivity contribution in [2.24, 2.45) is 10.7 Å². The standard InChI is InChI=1S/C20H23FN6O/c21-15-5-3-14(4-6-15)18-19(27-10-11-28-20(27)26-18)17(22)7-9-24-13-25-16-2-1-8-23-12-16/h3-7,9-11,16,23,25H,1-2,8,12-13,22H2/b17-7-,24-9?/t16-/m1/s1. The number of aliphatic imine (C=N–C) groups is 1. The van der Waals surface area contributed by atoms with E-state index in [0.717, 1.165) is 25.1 Å². The number of imidazole rings is 1. The monoisotopic (exact) mass is 382 g/mol. The third-order valence-corrected chi connectivity index (χ3v) is 4.78. The van der Waals surface area contributed by atoms with Gasteiger partial charge in [0.15, 0.2) is 0 Å². The van der Waals surface area contributed by atoms with Crippen molar-refractivity contribution >= 4 is 17.8 Å². The van der Waals surface area contributed by atoms with Crippen molar-refractivity contribution in [2.75, 3.05) is 19.8 Å². The van der Waals surface area contributed by atoms with E-state index in [-0.39, 0.29) is 5.82 Å². The van der Waals surface area contributed by atoms with E-state index in [9.17, 15) is 4.39 Å². The molecule has 28 heavy (non-hydrogen) atoms. The zero-order valence-corrected chi connectivity index (χ0v) is 15.4. The van der Waals surface area contributed by atoms with E-state index in [1.807, 2.05) is 0 Å². The maximum Gasteiger partial charge on any atom is 0.306 e. The zero-order valence-electron chi connectivity index (χ0n) is 15.4. The molecule has 1 aromatic carbocycles. The van der Waals surface area contributed by atoms with E-state index < -0.39 is 0 Å². The second-order valence-electron chi connectivity index (χ2n) is 6.73. The number of rotatable bonds is 6. The summed E-state index contributed by atoms with van der Waals surface area (Å²) in [6.07, 6.45) is 9.07. The molecule has 0 radical (unpaired) electrons. The van der Waals surface area contributed by atoms with Gasteiger partial charge in [0.2, 0.25) is 0 Å². The lowest BCUT2D eigenvalue weighted by Gasteiger charge is -2.22. The van der Waals surface area contributed by atoms with Crippen LogP contribution in [0, 0.1) is 5.82 Å². The van der Waals surface area contributed by atoms with E-state index >= 15 is 0 Å². The molecule has 0 spiro atoms. The van der Waals surface area contributed by atoms with Gasteiger partial charge in [0.05, 0.1) is 18.1 Å². The molecular weight excluding hydrogens is 359 g/mol. The highest BCUT2D eigenvalue weighted by Gasteiger charge is 2.17. The second kappa shape index (κ2) is 8.37. The molecule has 0 unspecified atom stereocenters. The van der Waals surface area contributed by atoms with Crippen molar-refractivity contribution < 1.29 is 8.81 Å². The number of nitrogens with two attached hydrogens (primary N) is 1. The first-order valence-electron chi connectivity index (χ1n) is 9.34. The molecule has 4 N–H and O–H groups in total. The number of fused-ring (bicyclic) bond motifs is 1. The number of nitrogens with zero attached hydrogens (tertiary/aromatic N) is 3. The average molecular weight is 382 g/mol. The molecule has 3 heterocycles. The maximum absolute atomic E-state index is 13.3. The Labute approximate surface area is 162 Å². The molecule has 8 heteroatoms. The molecule has 4 rings (SSSR count). The topological polar surface area (TPSA) is 92.9 Å². The molecule has 0 saturated carbocycles. The van der Waals surface area contributed by atoms with E-state index in [1.54, 1.807) is 41.3 Å². The number of hydrogen-bond acceptors (Lipinski definition) is 6. The molecule has 1 aliphatic heterocycles. The minimum Gasteiger partial charge on any atom is -0.432 e. The van der Waals surface area contributed by atoms with Gasteiger partial charge in [-0.3, -0.25) is 14.7 Å². The summed E-state index contributed by atoms with van der Waals surface area (Å²) in [6, 6.07) is 6.59. The maximum atomic E-state index is 13.3. The van der Waals surface area contributed by atoms with Crippen LogP contribution in [0.15, 0.2) is 52.2 Å². The van der Waals surface area contributed by atoms with Crippen LogP contribution >= 0.6 is 0 Å². The highest BCUT2D eigenvalue weighted by molar-refractivity contribution is 5.87. The summed E-state index contributed by atoms with van der Waals surface area (Å²) in [7, 11) is 0. The molecule has 1 aliphatic rings. The van der Waals surface area contributed by atoms with Gasteiger partial charge in [-0.05, 0) is 49.7 Å². The Kier molecular flexibility index (Phi) is 5.50. The summed E-state index contributed by atoms with van der Waals surface area (Å²) in [6.45, 7) is 2.60. The number of halogens is 1. The Balaban J connectivity index is 1.52. The highest BCUT2D eigenvalue weighted by Crippen LogP contribution is 2.28. The van der Waals surface area contributed by atoms with E-state index in [1.165, 1.54) is 18.6 Å². The van der Waals surface area contributed by atoms with Crippen molar-refractivity contribution in [2.45, 2.75) is 18.9 Å². The van der Waals surface area contributed by atoms with Crippen LogP contribution in [0.5, 0.6) is 0 Å². The fourth-order valence-corrected chi connectivity index (χ4v) is 3.34. The van der Waals surface area contributed by atoms with Gasteiger partial charge in [0.25, 0.3) is 0 Å². The molecule has 1 saturated heterocycles. The molecule has 0 amide bonds. The number of nitrogens with one attached hydrogen (secondary N) is 2. The Morgan fingerprint density at radius 1 is 1.43 bits per heavy atom. The molecule has 1 atom stereocenters. The van der Waals surface area contributed by atoms with Crippen LogP contribution in [0.2, 0.25) is 0 Å². The minimum absolute atomic E-state index is 0.301. The third-order valence-electron chi connectivity index (χ3n) is 4.78. The van der Waals surface area contributed by atoms with Gasteiger partial charge in [-0.2, -0.15) is 4.98 Å². The van der Waals surface area contributed by atoms with Crippen LogP contribution in [0.1, 0.15) is 18.5 Å². The van der Waals surface area contributed by atoms with Crippen LogP contribution in [-0.2, 0) is 0 Å². The SMILES string of the molecule is N/C(=C\C=NCN[C@@H]1CCCNC1)c1c(-c2ccc(F)cc2)nc2occn12. The molecular formula is C20H23FN6O. The number of aromatic nitrogens is 2. The molecule has 0 aliphatic carbocycles. The Morgan fingerprint density at radius 3 is 3.07 bits per heavy atom. The summed E-state index contributed by atoms with van der Waals surface area (Å²) in [5.41, 5.74) is 8.90. The van der Waals surface area contributed by atoms with Gasteiger partial charge in [-0.25, -0.2) is 4.39 Å². The molecule has 3 aromatic rings. The molecule has 1 fully saturated rings. The van der Waals surface area contributed by atoms with Crippen LogP contribution in [0.4, 0.5) is 4.39 Å². The molecule has 146 valence electrons. The number of oxazole rings is 1. The number of piperidine rings is 1. The van der Waals surface area contributed by atoms with Crippen molar-refractivity contribution in [3.8, 4) is 11.3 Å². The van der Waals surface area contributed by atoms with Gasteiger partial charge in [-0.15, -0.1) is 0 Å². The molecule has 7 nitrogen and oxygen atoms in total. The summed E-state index contributed by atoms with van der Waals surface area (Å²) in [4.78, 5) is 8.86. The zero-order chi connectivity index (χ0) is 19.3. The lowest BCUT2D eigenvalue weighted by Crippen LogP contribution is -2.43. The largest absolute Gasteiger partial charge is 0.432 e. The first-order valence-corrected chi connectivity index (χ1v) is 9.34. The number of hydrogen-bond donors (Lipinski definition) is 3. The first kappa shape index (κ1) is 18.4. The smallest absolute Gasteiger partial charge is 0.306 e. The predicted molar refractivity (Wildman–Crippen MR) is 107 cm³/mol. The van der Waals surface area contributed by atoms with E-state index in [2.05, 4.69) is 20.6 Å². The van der Waals surface area contributed by atoms with Gasteiger partial charge in [0.1, 0.15) is 17.8 Å². The Morgan fingerprint density at radius 2 is 2.29 bits per heavy atom. The number of allylic oxidation sites excluding steroid dienone is 1. The molecule has 0 bridgehead atoms. The van der Waals surface area contributed by atoms with Crippen molar-refractivity contribution in [3.63, 3.8) is 0 Å². The van der Waals surface area contributed by atoms with Gasteiger partial charge in [-0.1, -0.05) is 0 Å². The van der Waals surface area contributed by atoms with E-state index in [4.69, 9.17) is 10.2 Å². The summed E-state index contributed by atoms with van der Waals surface area (Å²) < 4.78 is 20.4. The fraction of sp³-hybridized carbons (Fsp3) is 0.300. The fourth-order valence-electron chi connectivity index (χ4n) is 3.34. The van der Waals surface area contributed by atoms with Gasteiger partial charge >= 0.3 is 5.84 Å². The van der Waals surface area contributed by atoms with Gasteiger partial charge < -0.3 is 15.5 Å². The van der Waals surface area contributed by atoms with Crippen molar-refractivity contribution in [1.82, 2.24) is 20.0 Å². The normalized spacial score (nSPS) is 18.3. The van der Waals surface area contributed by atoms with Crippen molar-refractivity contribution in [1.29, 1.82) is 0 Å². The summed E-state index contributed by atoms with van der Waals surface area (Å²) >= 11 is 0. The van der Waals surface area contributed by atoms with Gasteiger partial charge in [0, 0.05) is 30.6 Å². The Hall–Kier alpha value is -2.97. The quantitative estimate of drug-likeness (QED) is 0.570. The van der Waals surface area contributed by atoms with E-state index in [0.29, 0.717) is 35.6 Å². The highest BCUT2D eigenvalue weighted by atomic mass is 19.1. The van der Waals surface area contributed by atoms with Crippen LogP contribution in [0.25, 0.3) is 22.8 Å². The molecule has 2 aromatic heterocycles. The number of benzene rings is 1. The minimum atomic E-state index is -0.301. The average Bonchev–Trinajstić information content (AvgIpc) is 3.30. The predicted octanol–water partition coefficient (Wildman–Crippen LogP) is 2.40. The summed E-state index contributed by atoms with van der Waals surface area (Å²) in [5.74, 6) is 0.124. The second-order valence-corrected chi connectivity index (χ2v) is 6.73. The van der Waals surface area contributed by atoms with Crippen LogP contribution in [-0.4, -0.2) is 41.4 Å². The third kappa shape index (κ3) is 3.97. The van der Waals surface area contributed by atoms with Crippen LogP contribution < -0.4 is 16.4 Å². The summed E-state index contributed by atoms with van der Waals surface area (Å²) in [5, 5.41) is 6.76. The van der Waals surface area contributed by atoms with Crippen molar-refractivity contribution in [3.05, 3.63) is 54.3 Å². The first-order chi connectivity index (χ1) is 13.7. The lowest BCUT2D eigenvalue weighted by atomic mass is 10.1.